The Morgan fingerprint density at radius 3 is 2.84 bits per heavy atom. The third-order valence-corrected chi connectivity index (χ3v) is 2.94. The lowest BCUT2D eigenvalue weighted by atomic mass is 10.2. The zero-order valence-electron chi connectivity index (χ0n) is 10.3. The zero-order chi connectivity index (χ0) is 14.4. The second-order valence-electron chi connectivity index (χ2n) is 3.82. The van der Waals surface area contributed by atoms with Gasteiger partial charge in [-0.15, -0.1) is 0 Å². The van der Waals surface area contributed by atoms with Crippen molar-refractivity contribution in [1.29, 1.82) is 0 Å². The molecular weight excluding hydrogens is 318 g/mol. The van der Waals surface area contributed by atoms with Gasteiger partial charge in [0.05, 0.1) is 11.5 Å². The Bertz CT molecular complexity index is 493. The molecule has 0 fully saturated rings. The fourth-order valence-corrected chi connectivity index (χ4v) is 1.91. The number of nitro benzene ring substituents is 1. The van der Waals surface area contributed by atoms with E-state index >= 15 is 0 Å². The molecule has 3 N–H and O–H groups in total. The lowest BCUT2D eigenvalue weighted by Crippen LogP contribution is -2.20. The molecule has 0 saturated carbocycles. The Morgan fingerprint density at radius 1 is 1.58 bits per heavy atom. The lowest BCUT2D eigenvalue weighted by molar-refractivity contribution is -0.385. The van der Waals surface area contributed by atoms with Crippen LogP contribution in [0.3, 0.4) is 0 Å². The van der Waals surface area contributed by atoms with Gasteiger partial charge in [0.15, 0.2) is 0 Å². The van der Waals surface area contributed by atoms with Gasteiger partial charge in [0.25, 0.3) is 5.69 Å². The monoisotopic (exact) mass is 331 g/mol. The first-order valence-electron chi connectivity index (χ1n) is 5.46. The Balaban J connectivity index is 2.57. The molecule has 1 amide bonds. The molecule has 0 aliphatic heterocycles. The van der Waals surface area contributed by atoms with E-state index in [0.717, 1.165) is 5.69 Å². The first kappa shape index (κ1) is 15.4. The summed E-state index contributed by atoms with van der Waals surface area (Å²) in [5.41, 5.74) is 6.27. The first-order valence-corrected chi connectivity index (χ1v) is 6.25. The third kappa shape index (κ3) is 4.84. The minimum absolute atomic E-state index is 0.0578. The van der Waals surface area contributed by atoms with Gasteiger partial charge in [-0.05, 0) is 28.9 Å². The van der Waals surface area contributed by atoms with Gasteiger partial charge in [0.2, 0.25) is 5.91 Å². The summed E-state index contributed by atoms with van der Waals surface area (Å²) in [6, 6.07) is 3.12. The minimum Gasteiger partial charge on any atom is -0.382 e. The van der Waals surface area contributed by atoms with Gasteiger partial charge in [0, 0.05) is 28.3 Å². The van der Waals surface area contributed by atoms with Gasteiger partial charge < -0.3 is 15.8 Å². The largest absolute Gasteiger partial charge is 0.382 e. The second-order valence-corrected chi connectivity index (χ2v) is 4.68. The molecule has 0 atom stereocenters. The molecule has 0 aliphatic carbocycles. The number of benzene rings is 1. The van der Waals surface area contributed by atoms with Crippen molar-refractivity contribution in [3.05, 3.63) is 32.3 Å². The first-order chi connectivity index (χ1) is 8.91. The number of ether oxygens (including phenoxy) is 1. The number of nitrogens with two attached hydrogens (primary N) is 1. The van der Waals surface area contributed by atoms with E-state index in [-0.39, 0.29) is 12.3 Å². The average molecular weight is 332 g/mol. The number of halogens is 1. The highest BCUT2D eigenvalue weighted by Crippen LogP contribution is 2.30. The van der Waals surface area contributed by atoms with Crippen LogP contribution in [0.1, 0.15) is 5.56 Å². The number of rotatable bonds is 7. The van der Waals surface area contributed by atoms with Crippen LogP contribution in [0, 0.1) is 17.0 Å². The standard InChI is InChI=1S/C11H14BrN3O4/c1-7-4-9(8(12)5-10(7)15(17)18)14-2-3-19-6-11(13)16/h4-5,14H,2-3,6H2,1H3,(H2,13,16). The average Bonchev–Trinajstić information content (AvgIpc) is 2.31. The van der Waals surface area contributed by atoms with Crippen LogP contribution < -0.4 is 11.1 Å². The van der Waals surface area contributed by atoms with Crippen LogP contribution in [0.2, 0.25) is 0 Å². The molecule has 104 valence electrons. The van der Waals surface area contributed by atoms with Crippen molar-refractivity contribution in [3.8, 4) is 0 Å². The van der Waals surface area contributed by atoms with E-state index in [2.05, 4.69) is 21.2 Å². The number of nitro groups is 1. The van der Waals surface area contributed by atoms with E-state index in [1.165, 1.54) is 6.07 Å². The molecule has 0 heterocycles. The summed E-state index contributed by atoms with van der Waals surface area (Å²) in [7, 11) is 0. The Morgan fingerprint density at radius 2 is 2.26 bits per heavy atom. The van der Waals surface area contributed by atoms with Crippen molar-refractivity contribution >= 4 is 33.2 Å². The van der Waals surface area contributed by atoms with Gasteiger partial charge in [0.1, 0.15) is 6.61 Å². The number of hydrogen-bond acceptors (Lipinski definition) is 5. The number of aryl methyl sites for hydroxylation is 1. The predicted molar refractivity (Wildman–Crippen MR) is 74.0 cm³/mol. The van der Waals surface area contributed by atoms with Crippen LogP contribution in [-0.4, -0.2) is 30.6 Å². The maximum absolute atomic E-state index is 10.7. The number of primary amides is 1. The summed E-state index contributed by atoms with van der Waals surface area (Å²) < 4.78 is 5.59. The number of anilines is 1. The lowest BCUT2D eigenvalue weighted by Gasteiger charge is -2.10. The maximum Gasteiger partial charge on any atom is 0.273 e. The van der Waals surface area contributed by atoms with Crippen molar-refractivity contribution in [2.75, 3.05) is 25.1 Å². The number of hydrogen-bond donors (Lipinski definition) is 2. The maximum atomic E-state index is 10.7. The van der Waals surface area contributed by atoms with Gasteiger partial charge in [-0.25, -0.2) is 0 Å². The van der Waals surface area contributed by atoms with E-state index in [9.17, 15) is 14.9 Å². The smallest absolute Gasteiger partial charge is 0.273 e. The van der Waals surface area contributed by atoms with Crippen LogP contribution in [0.5, 0.6) is 0 Å². The zero-order valence-corrected chi connectivity index (χ0v) is 11.9. The summed E-state index contributed by atoms with van der Waals surface area (Å²) in [6.45, 7) is 2.32. The van der Waals surface area contributed by atoms with Crippen LogP contribution in [0.4, 0.5) is 11.4 Å². The van der Waals surface area contributed by atoms with E-state index in [1.807, 2.05) is 0 Å². The van der Waals surface area contributed by atoms with Crippen molar-refractivity contribution in [1.82, 2.24) is 0 Å². The fraction of sp³-hybridized carbons (Fsp3) is 0.364. The minimum atomic E-state index is -0.521. The fourth-order valence-electron chi connectivity index (χ4n) is 1.43. The molecular formula is C11H14BrN3O4. The van der Waals surface area contributed by atoms with Crippen LogP contribution in [0.25, 0.3) is 0 Å². The number of carbonyl (C=O) groups is 1. The Hall–Kier alpha value is -1.67. The second kappa shape index (κ2) is 7.05. The molecule has 8 heteroatoms. The quantitative estimate of drug-likeness (QED) is 0.448. The van der Waals surface area contributed by atoms with Crippen molar-refractivity contribution in [2.24, 2.45) is 5.73 Å². The molecule has 0 unspecified atom stereocenters. The highest BCUT2D eigenvalue weighted by atomic mass is 79.9. The molecule has 0 radical (unpaired) electrons. The van der Waals surface area contributed by atoms with Crippen LogP contribution in [0.15, 0.2) is 16.6 Å². The van der Waals surface area contributed by atoms with E-state index in [0.29, 0.717) is 23.2 Å². The molecule has 0 aliphatic rings. The Labute approximate surface area is 118 Å². The van der Waals surface area contributed by atoms with Gasteiger partial charge in [-0.2, -0.15) is 0 Å². The van der Waals surface area contributed by atoms with E-state index in [4.69, 9.17) is 10.5 Å². The third-order valence-electron chi connectivity index (χ3n) is 2.29. The molecule has 19 heavy (non-hydrogen) atoms. The van der Waals surface area contributed by atoms with Crippen molar-refractivity contribution in [2.45, 2.75) is 6.92 Å². The number of nitrogens with zero attached hydrogens (tertiary/aromatic N) is 1. The van der Waals surface area contributed by atoms with Gasteiger partial charge in [-0.3, -0.25) is 14.9 Å². The number of nitrogens with one attached hydrogen (secondary N) is 1. The van der Waals surface area contributed by atoms with Gasteiger partial charge >= 0.3 is 0 Å². The van der Waals surface area contributed by atoms with Crippen molar-refractivity contribution in [3.63, 3.8) is 0 Å². The molecule has 1 rings (SSSR count). The topological polar surface area (TPSA) is 107 Å². The molecule has 1 aromatic rings. The highest BCUT2D eigenvalue weighted by Gasteiger charge is 2.13. The molecule has 0 spiro atoms. The molecule has 0 aromatic heterocycles. The summed E-state index contributed by atoms with van der Waals surface area (Å²) >= 11 is 3.26. The molecule has 1 aromatic carbocycles. The normalized spacial score (nSPS) is 10.2. The number of carbonyl (C=O) groups excluding carboxylic acids is 1. The Kier molecular flexibility index (Phi) is 5.71. The van der Waals surface area contributed by atoms with Gasteiger partial charge in [-0.1, -0.05) is 0 Å². The highest BCUT2D eigenvalue weighted by molar-refractivity contribution is 9.10. The van der Waals surface area contributed by atoms with Crippen LogP contribution in [-0.2, 0) is 9.53 Å². The molecule has 0 saturated heterocycles. The van der Waals surface area contributed by atoms with E-state index in [1.54, 1.807) is 13.0 Å². The predicted octanol–water partition coefficient (Wildman–Crippen LogP) is 1.58. The summed E-state index contributed by atoms with van der Waals surface area (Å²) in [5.74, 6) is -0.521. The molecule has 0 bridgehead atoms. The summed E-state index contributed by atoms with van der Waals surface area (Å²) in [4.78, 5) is 20.8. The summed E-state index contributed by atoms with van der Waals surface area (Å²) in [5, 5.41) is 13.8. The van der Waals surface area contributed by atoms with Crippen LogP contribution >= 0.6 is 15.9 Å². The number of amides is 1. The summed E-state index contributed by atoms with van der Waals surface area (Å²) in [6.07, 6.45) is 0. The SMILES string of the molecule is Cc1cc(NCCOCC(N)=O)c(Br)cc1[N+](=O)[O-]. The molecule has 7 nitrogen and oxygen atoms in total. The van der Waals surface area contributed by atoms with Crippen molar-refractivity contribution < 1.29 is 14.5 Å². The van der Waals surface area contributed by atoms with E-state index < -0.39 is 10.8 Å².